The predicted molar refractivity (Wildman–Crippen MR) is 215 cm³/mol. The Bertz CT molecular complexity index is 2150. The van der Waals surface area contributed by atoms with Gasteiger partial charge in [-0.05, 0) is 128 Å². The van der Waals surface area contributed by atoms with E-state index in [2.05, 4.69) is 70.6 Å². The number of hydrogen-bond acceptors (Lipinski definition) is 8. The van der Waals surface area contributed by atoms with E-state index in [-0.39, 0.29) is 29.9 Å². The minimum atomic E-state index is -0.957. The number of phenols is 1. The molecule has 4 amide bonds. The summed E-state index contributed by atoms with van der Waals surface area (Å²) in [5.41, 5.74) is 7.59. The number of allylic oxidation sites excluding steroid dienone is 1. The first-order valence-corrected chi connectivity index (χ1v) is 19.9. The normalized spacial score (nSPS) is 19.8. The minimum Gasteiger partial charge on any atom is -0.508 e. The Kier molecular flexibility index (Phi) is 10.5. The highest BCUT2D eigenvalue weighted by Gasteiger charge is 2.47. The Hall–Kier alpha value is -5.74. The summed E-state index contributed by atoms with van der Waals surface area (Å²) in [5, 5.41) is 12.2. The lowest BCUT2D eigenvalue weighted by Crippen LogP contribution is -2.60. The number of carbonyl (C=O) groups excluding carboxylic acids is 4. The van der Waals surface area contributed by atoms with Crippen molar-refractivity contribution in [2.45, 2.75) is 57.9 Å². The third-order valence-corrected chi connectivity index (χ3v) is 12.0. The number of benzene rings is 4. The number of carbonyl (C=O) groups is 4. The molecule has 10 heteroatoms. The largest absolute Gasteiger partial charge is 0.508 e. The lowest BCUT2D eigenvalue weighted by atomic mass is 9.71. The van der Waals surface area contributed by atoms with Crippen molar-refractivity contribution in [2.24, 2.45) is 5.41 Å². The second kappa shape index (κ2) is 15.8. The smallest absolute Gasteiger partial charge is 0.262 e. The molecule has 8 rings (SSSR count). The summed E-state index contributed by atoms with van der Waals surface area (Å²) in [4.78, 5) is 56.3. The third kappa shape index (κ3) is 7.45. The lowest BCUT2D eigenvalue weighted by molar-refractivity contribution is -0.136. The van der Waals surface area contributed by atoms with E-state index >= 15 is 0 Å². The van der Waals surface area contributed by atoms with Gasteiger partial charge in [0.25, 0.3) is 11.8 Å². The van der Waals surface area contributed by atoms with Crippen LogP contribution in [0.15, 0.2) is 97.1 Å². The van der Waals surface area contributed by atoms with Gasteiger partial charge in [0.2, 0.25) is 11.8 Å². The van der Waals surface area contributed by atoms with Crippen molar-refractivity contribution < 1.29 is 29.0 Å². The Balaban J connectivity index is 0.791. The molecule has 0 bridgehead atoms. The number of amides is 4. The SMILES string of the molecule is CCC(=C(c1ccc(O)cc1)c1ccc(OCCCCN2CCC3(CC2)CN(c2ccc4c(c2)C(=O)N(C2CCC(=O)NC2=O)C4=O)C3)cc1)c1ccccc1. The van der Waals surface area contributed by atoms with Crippen LogP contribution in [0.25, 0.3) is 11.1 Å². The summed E-state index contributed by atoms with van der Waals surface area (Å²) < 4.78 is 6.18. The second-order valence-corrected chi connectivity index (χ2v) is 15.6. The summed E-state index contributed by atoms with van der Waals surface area (Å²) in [6.07, 6.45) is 5.42. The highest BCUT2D eigenvalue weighted by Crippen LogP contribution is 2.44. The number of phenolic OH excluding ortho intramolecular Hbond substituents is 1. The third-order valence-electron chi connectivity index (χ3n) is 12.0. The number of anilines is 1. The Morgan fingerprint density at radius 3 is 2.16 bits per heavy atom. The van der Waals surface area contributed by atoms with Crippen LogP contribution < -0.4 is 15.0 Å². The van der Waals surface area contributed by atoms with Gasteiger partial charge in [0, 0.05) is 30.6 Å². The summed E-state index contributed by atoms with van der Waals surface area (Å²) in [6.45, 7) is 7.86. The van der Waals surface area contributed by atoms with Crippen molar-refractivity contribution in [3.05, 3.63) is 125 Å². The molecule has 4 aromatic rings. The summed E-state index contributed by atoms with van der Waals surface area (Å²) >= 11 is 0. The molecule has 0 radical (unpaired) electrons. The standard InChI is InChI=1S/C46H48N4O6/c1-2-37(31-8-4-3-5-9-31)42(32-10-15-35(51)16-11-32)33-12-17-36(18-13-33)56-27-7-6-24-48-25-22-46(23-26-48)29-49(30-46)34-14-19-38-39(28-34)45(55)50(44(38)54)40-20-21-41(52)47-43(40)53/h3-5,8-19,28,40,51H,2,6-7,20-27,29-30H2,1H3,(H,47,52,53). The molecule has 1 unspecified atom stereocenters. The zero-order chi connectivity index (χ0) is 38.8. The quantitative estimate of drug-likeness (QED) is 0.0910. The number of fused-ring (bicyclic) bond motifs is 1. The fraction of sp³-hybridized carbons (Fsp3) is 0.348. The first-order chi connectivity index (χ1) is 27.2. The fourth-order valence-corrected chi connectivity index (χ4v) is 8.82. The van der Waals surface area contributed by atoms with Crippen molar-refractivity contribution in [2.75, 3.05) is 44.2 Å². The van der Waals surface area contributed by atoms with Crippen LogP contribution in [0.5, 0.6) is 11.5 Å². The maximum atomic E-state index is 13.3. The van der Waals surface area contributed by atoms with E-state index in [1.165, 1.54) is 11.1 Å². The molecule has 1 spiro atoms. The predicted octanol–water partition coefficient (Wildman–Crippen LogP) is 6.92. The number of piperidine rings is 2. The lowest BCUT2D eigenvalue weighted by Gasteiger charge is -2.55. The van der Waals surface area contributed by atoms with Crippen molar-refractivity contribution in [3.8, 4) is 11.5 Å². The summed E-state index contributed by atoms with van der Waals surface area (Å²) in [6, 6.07) is 30.7. The minimum absolute atomic E-state index is 0.103. The van der Waals surface area contributed by atoms with Crippen LogP contribution >= 0.6 is 0 Å². The van der Waals surface area contributed by atoms with Gasteiger partial charge >= 0.3 is 0 Å². The maximum absolute atomic E-state index is 13.3. The number of aromatic hydroxyl groups is 1. The van der Waals surface area contributed by atoms with Crippen molar-refractivity contribution >= 4 is 40.5 Å². The molecule has 4 aromatic carbocycles. The summed E-state index contributed by atoms with van der Waals surface area (Å²) in [5.74, 6) is -0.808. The van der Waals surface area contributed by atoms with E-state index in [4.69, 9.17) is 4.74 Å². The molecule has 3 saturated heterocycles. The molecule has 0 aliphatic carbocycles. The van der Waals surface area contributed by atoms with E-state index < -0.39 is 23.8 Å². The van der Waals surface area contributed by atoms with Gasteiger partial charge in [0.1, 0.15) is 17.5 Å². The van der Waals surface area contributed by atoms with Gasteiger partial charge in [-0.15, -0.1) is 0 Å². The van der Waals surface area contributed by atoms with E-state index in [0.29, 0.717) is 17.7 Å². The van der Waals surface area contributed by atoms with Gasteiger partial charge < -0.3 is 19.6 Å². The molecule has 3 fully saturated rings. The number of nitrogens with one attached hydrogen (secondary N) is 1. The molecule has 56 heavy (non-hydrogen) atoms. The Morgan fingerprint density at radius 2 is 1.48 bits per heavy atom. The van der Waals surface area contributed by atoms with Gasteiger partial charge in [-0.3, -0.25) is 29.4 Å². The molecule has 4 heterocycles. The second-order valence-electron chi connectivity index (χ2n) is 15.6. The Morgan fingerprint density at radius 1 is 0.804 bits per heavy atom. The molecular formula is C46H48N4O6. The van der Waals surface area contributed by atoms with Gasteiger partial charge in [0.15, 0.2) is 0 Å². The average Bonchev–Trinajstić information content (AvgIpc) is 3.45. The zero-order valence-electron chi connectivity index (χ0n) is 31.8. The van der Waals surface area contributed by atoms with Gasteiger partial charge in [-0.25, -0.2) is 0 Å². The number of nitrogens with zero attached hydrogens (tertiary/aromatic N) is 3. The van der Waals surface area contributed by atoms with Crippen molar-refractivity contribution in [1.82, 2.24) is 15.1 Å². The maximum Gasteiger partial charge on any atom is 0.262 e. The van der Waals surface area contributed by atoms with Gasteiger partial charge in [-0.2, -0.15) is 0 Å². The Labute approximate surface area is 327 Å². The zero-order valence-corrected chi connectivity index (χ0v) is 31.8. The number of imide groups is 2. The van der Waals surface area contributed by atoms with Crippen LogP contribution in [-0.4, -0.2) is 83.9 Å². The number of rotatable bonds is 12. The number of ether oxygens (including phenoxy) is 1. The number of hydrogen-bond donors (Lipinski definition) is 2. The molecule has 0 saturated carbocycles. The number of likely N-dealkylation sites (tertiary alicyclic amines) is 1. The van der Waals surface area contributed by atoms with Crippen LogP contribution in [0.4, 0.5) is 5.69 Å². The van der Waals surface area contributed by atoms with E-state index in [1.807, 2.05) is 24.3 Å². The first kappa shape index (κ1) is 37.2. The highest BCUT2D eigenvalue weighted by molar-refractivity contribution is 6.23. The van der Waals surface area contributed by atoms with Crippen molar-refractivity contribution in [1.29, 1.82) is 0 Å². The van der Waals surface area contributed by atoms with E-state index in [9.17, 15) is 24.3 Å². The van der Waals surface area contributed by atoms with Crippen LogP contribution in [0, 0.1) is 5.41 Å². The van der Waals surface area contributed by atoms with Crippen LogP contribution in [0.3, 0.4) is 0 Å². The van der Waals surface area contributed by atoms with Crippen LogP contribution in [-0.2, 0) is 9.59 Å². The van der Waals surface area contributed by atoms with E-state index in [1.54, 1.807) is 24.3 Å². The average molecular weight is 753 g/mol. The topological polar surface area (TPSA) is 119 Å². The molecule has 10 nitrogen and oxygen atoms in total. The molecule has 1 atom stereocenters. The molecule has 288 valence electrons. The van der Waals surface area contributed by atoms with Gasteiger partial charge in [-0.1, -0.05) is 61.5 Å². The number of unbranched alkanes of at least 4 members (excludes halogenated alkanes) is 1. The monoisotopic (exact) mass is 752 g/mol. The van der Waals surface area contributed by atoms with Crippen LogP contribution in [0.2, 0.25) is 0 Å². The molecular weight excluding hydrogens is 705 g/mol. The van der Waals surface area contributed by atoms with Crippen LogP contribution in [0.1, 0.15) is 89.3 Å². The highest BCUT2D eigenvalue weighted by atomic mass is 16.5. The first-order valence-electron chi connectivity index (χ1n) is 19.9. The molecule has 4 aliphatic heterocycles. The summed E-state index contributed by atoms with van der Waals surface area (Å²) in [7, 11) is 0. The molecule has 2 N–H and O–H groups in total. The van der Waals surface area contributed by atoms with Crippen molar-refractivity contribution in [3.63, 3.8) is 0 Å². The van der Waals surface area contributed by atoms with Gasteiger partial charge in [0.05, 0.1) is 17.7 Å². The molecule has 0 aromatic heterocycles. The van der Waals surface area contributed by atoms with E-state index in [0.717, 1.165) is 97.9 Å². The molecule has 4 aliphatic rings. The fourth-order valence-electron chi connectivity index (χ4n) is 8.82.